The van der Waals surface area contributed by atoms with E-state index < -0.39 is 71.9 Å². The molecule has 2 fully saturated rings. The van der Waals surface area contributed by atoms with Crippen LogP contribution in [0.15, 0.2) is 54.7 Å². The molecule has 1 N–H and O–H groups in total. The number of rotatable bonds is 7. The van der Waals surface area contributed by atoms with Gasteiger partial charge in [-0.3, -0.25) is 24.2 Å². The second kappa shape index (κ2) is 12.8. The number of hydrogen-bond acceptors (Lipinski definition) is 5. The van der Waals surface area contributed by atoms with Crippen molar-refractivity contribution in [1.82, 2.24) is 10.3 Å². The summed E-state index contributed by atoms with van der Waals surface area (Å²) in [5.74, 6) is -7.61. The van der Waals surface area contributed by atoms with Crippen LogP contribution in [-0.4, -0.2) is 40.7 Å². The Kier molecular flexibility index (Phi) is 9.51. The van der Waals surface area contributed by atoms with Gasteiger partial charge in [-0.2, -0.15) is 5.26 Å². The number of hydrogen-bond donors (Lipinski definition) is 1. The summed E-state index contributed by atoms with van der Waals surface area (Å²) in [6.07, 6.45) is -0.216. The van der Waals surface area contributed by atoms with Crippen LogP contribution in [0.25, 0.3) is 0 Å². The van der Waals surface area contributed by atoms with Gasteiger partial charge in [0.05, 0.1) is 17.3 Å². The van der Waals surface area contributed by atoms with Crippen molar-refractivity contribution < 1.29 is 31.9 Å². The van der Waals surface area contributed by atoms with Crippen LogP contribution in [0, 0.1) is 23.0 Å². The van der Waals surface area contributed by atoms with Crippen LogP contribution in [0.1, 0.15) is 50.3 Å². The molecule has 3 aromatic rings. The second-order valence-corrected chi connectivity index (χ2v) is 11.1. The summed E-state index contributed by atoms with van der Waals surface area (Å²) < 4.78 is 56.4. The monoisotopic (exact) mass is 649 g/mol. The predicted octanol–water partition coefficient (Wildman–Crippen LogP) is 6.36. The first-order valence-electron chi connectivity index (χ1n) is 13.0. The number of carbonyl (C=O) groups excluding carboxylic acids is 3. The fourth-order valence-corrected chi connectivity index (χ4v) is 5.63. The van der Waals surface area contributed by atoms with Crippen molar-refractivity contribution in [3.63, 3.8) is 0 Å². The largest absolute Gasteiger partial charge is 0.351 e. The summed E-state index contributed by atoms with van der Waals surface area (Å²) in [6, 6.07) is 6.78. The molecule has 3 amide bonds. The van der Waals surface area contributed by atoms with Gasteiger partial charge in [0.1, 0.15) is 29.5 Å². The number of nitriles is 1. The highest BCUT2D eigenvalue weighted by Crippen LogP contribution is 2.40. The molecule has 2 aliphatic rings. The lowest BCUT2D eigenvalue weighted by Gasteiger charge is -2.39. The first kappa shape index (κ1) is 32.7. The minimum absolute atomic E-state index is 0. The van der Waals surface area contributed by atoms with Crippen LogP contribution in [0.2, 0.25) is 10.0 Å². The number of anilines is 2. The third-order valence-electron chi connectivity index (χ3n) is 7.18. The third-order valence-corrected chi connectivity index (χ3v) is 7.76. The molecule has 8 nitrogen and oxygen atoms in total. The molecule has 1 aromatic heterocycles. The van der Waals surface area contributed by atoms with Gasteiger partial charge in [0.25, 0.3) is 11.8 Å². The van der Waals surface area contributed by atoms with Crippen LogP contribution < -0.4 is 15.1 Å². The molecule has 5 rings (SSSR count). The van der Waals surface area contributed by atoms with Crippen LogP contribution in [0.4, 0.5) is 29.1 Å². The lowest BCUT2D eigenvalue weighted by atomic mass is 9.87. The van der Waals surface area contributed by atoms with Crippen LogP contribution in [0.3, 0.4) is 0 Å². The minimum atomic E-state index is -2.99. The quantitative estimate of drug-likeness (QED) is 0.300. The summed E-state index contributed by atoms with van der Waals surface area (Å²) in [7, 11) is 0. The fourth-order valence-electron chi connectivity index (χ4n) is 5.23. The lowest BCUT2D eigenvalue weighted by molar-refractivity contribution is -0.133. The Morgan fingerprint density at radius 2 is 1.77 bits per heavy atom. The molecule has 1 saturated heterocycles. The fraction of sp³-hybridized carbons (Fsp3) is 0.300. The maximum atomic E-state index is 14.6. The highest BCUT2D eigenvalue weighted by atomic mass is 35.5. The second-order valence-electron chi connectivity index (χ2n) is 10.2. The molecule has 2 aromatic carbocycles. The Labute approximate surface area is 260 Å². The van der Waals surface area contributed by atoms with E-state index in [0.29, 0.717) is 6.07 Å². The van der Waals surface area contributed by atoms with Gasteiger partial charge in [0.2, 0.25) is 11.8 Å². The molecular formula is C30H25Cl2F4N5O3. The standard InChI is InChI=1S/C29H21Cl2F4N5O3.CH4/c30-16-1-2-22(31)21(8-16)26(27(42)38-19-12-29(34,35)13-19)39(20-10-17(32)9-18(33)11-20)28(43)23-3-4-25(41)40(23)24-7-15(14-36)5-6-37-24;/h1-2,5-11,19,23,26H,3-4,12-13H2,(H,38,42);1H4/t23-,26-;/m0./s1. The Bertz CT molecular complexity index is 1640. The summed E-state index contributed by atoms with van der Waals surface area (Å²) in [4.78, 5) is 47.3. The number of nitrogens with one attached hydrogen (secondary N) is 1. The highest BCUT2D eigenvalue weighted by Gasteiger charge is 2.48. The zero-order chi connectivity index (χ0) is 31.1. The number of alkyl halides is 2. The summed E-state index contributed by atoms with van der Waals surface area (Å²) in [5.41, 5.74) is -0.313. The number of benzene rings is 2. The molecule has 1 aliphatic carbocycles. The molecule has 0 spiro atoms. The summed E-state index contributed by atoms with van der Waals surface area (Å²) in [5, 5.41) is 11.9. The van der Waals surface area contributed by atoms with Gasteiger partial charge in [0.15, 0.2) is 0 Å². The van der Waals surface area contributed by atoms with Crippen LogP contribution >= 0.6 is 23.2 Å². The van der Waals surface area contributed by atoms with Gasteiger partial charge in [-0.25, -0.2) is 22.5 Å². The molecule has 1 aliphatic heterocycles. The Hall–Kier alpha value is -4.21. The van der Waals surface area contributed by atoms with Crippen molar-refractivity contribution >= 4 is 52.4 Å². The molecule has 0 unspecified atom stereocenters. The maximum Gasteiger partial charge on any atom is 0.252 e. The molecule has 230 valence electrons. The van der Waals surface area contributed by atoms with Gasteiger partial charge in [-0.1, -0.05) is 30.6 Å². The predicted molar refractivity (Wildman–Crippen MR) is 155 cm³/mol. The topological polar surface area (TPSA) is 106 Å². The number of pyridine rings is 1. The number of nitrogens with zero attached hydrogens (tertiary/aromatic N) is 4. The average molecular weight is 650 g/mol. The summed E-state index contributed by atoms with van der Waals surface area (Å²) >= 11 is 12.7. The molecule has 14 heteroatoms. The molecule has 0 radical (unpaired) electrons. The average Bonchev–Trinajstić information content (AvgIpc) is 3.32. The third kappa shape index (κ3) is 6.64. The van der Waals surface area contributed by atoms with Gasteiger partial charge in [-0.05, 0) is 48.9 Å². The molecule has 0 bridgehead atoms. The Balaban J connectivity index is 0.00000442. The molecular weight excluding hydrogens is 625 g/mol. The molecule has 2 heterocycles. The zero-order valence-corrected chi connectivity index (χ0v) is 23.5. The smallest absolute Gasteiger partial charge is 0.252 e. The van der Waals surface area contributed by atoms with Crippen molar-refractivity contribution in [1.29, 1.82) is 5.26 Å². The number of carbonyl (C=O) groups is 3. The van der Waals surface area contributed by atoms with E-state index in [4.69, 9.17) is 23.2 Å². The van der Waals surface area contributed by atoms with Crippen molar-refractivity contribution in [2.75, 3.05) is 9.80 Å². The highest BCUT2D eigenvalue weighted by molar-refractivity contribution is 6.34. The lowest BCUT2D eigenvalue weighted by Crippen LogP contribution is -2.56. The number of halogens is 6. The van der Waals surface area contributed by atoms with E-state index in [9.17, 15) is 37.2 Å². The SMILES string of the molecule is C.N#Cc1ccnc(N2C(=O)CC[C@H]2C(=O)N(c2cc(F)cc(F)c2)[C@H](C(=O)NC2CC(F)(F)C2)c2cc(Cl)ccc2Cl)c1. The first-order valence-corrected chi connectivity index (χ1v) is 13.7. The van der Waals surface area contributed by atoms with Gasteiger partial charge in [0, 0.05) is 53.2 Å². The van der Waals surface area contributed by atoms with Crippen molar-refractivity contribution in [2.24, 2.45) is 0 Å². The van der Waals surface area contributed by atoms with Crippen molar-refractivity contribution in [2.45, 2.75) is 57.2 Å². The van der Waals surface area contributed by atoms with E-state index in [-0.39, 0.29) is 47.3 Å². The summed E-state index contributed by atoms with van der Waals surface area (Å²) in [6.45, 7) is 0. The van der Waals surface area contributed by atoms with Crippen molar-refractivity contribution in [3.05, 3.63) is 87.5 Å². The van der Waals surface area contributed by atoms with Crippen LogP contribution in [0.5, 0.6) is 0 Å². The van der Waals surface area contributed by atoms with Gasteiger partial charge in [-0.15, -0.1) is 0 Å². The maximum absolute atomic E-state index is 14.6. The van der Waals surface area contributed by atoms with E-state index in [1.807, 2.05) is 6.07 Å². The zero-order valence-electron chi connectivity index (χ0n) is 22.0. The van der Waals surface area contributed by atoms with Crippen LogP contribution in [-0.2, 0) is 14.4 Å². The van der Waals surface area contributed by atoms with Crippen molar-refractivity contribution in [3.8, 4) is 6.07 Å². The Morgan fingerprint density at radius 1 is 1.09 bits per heavy atom. The van der Waals surface area contributed by atoms with E-state index >= 15 is 0 Å². The molecule has 2 atom stereocenters. The van der Waals surface area contributed by atoms with E-state index in [1.165, 1.54) is 36.5 Å². The van der Waals surface area contributed by atoms with E-state index in [0.717, 1.165) is 21.9 Å². The number of amides is 3. The molecule has 1 saturated carbocycles. The van der Waals surface area contributed by atoms with Gasteiger partial charge < -0.3 is 5.32 Å². The number of aromatic nitrogens is 1. The van der Waals surface area contributed by atoms with Gasteiger partial charge >= 0.3 is 0 Å². The van der Waals surface area contributed by atoms with E-state index in [2.05, 4.69) is 10.3 Å². The minimum Gasteiger partial charge on any atom is -0.351 e. The normalized spacial score (nSPS) is 18.1. The molecule has 44 heavy (non-hydrogen) atoms. The Morgan fingerprint density at radius 3 is 2.41 bits per heavy atom. The first-order chi connectivity index (χ1) is 20.4. The van der Waals surface area contributed by atoms with E-state index in [1.54, 1.807) is 0 Å².